The quantitative estimate of drug-likeness (QED) is 0.0656. The first-order valence-corrected chi connectivity index (χ1v) is 25.8. The number of esters is 1. The number of methoxy groups -OCH3 is 2. The number of nitrogens with one attached hydrogen (secondary N) is 2. The highest BCUT2D eigenvalue weighted by Gasteiger charge is 2.64. The summed E-state index contributed by atoms with van der Waals surface area (Å²) in [6.45, 7) is 7.51. The number of likely N-dealkylation sites (N-methyl/N-ethyl adjacent to an activating group) is 1. The van der Waals surface area contributed by atoms with E-state index >= 15 is 0 Å². The van der Waals surface area contributed by atoms with Crippen molar-refractivity contribution in [1.82, 2.24) is 20.4 Å². The Morgan fingerprint density at radius 3 is 2.41 bits per heavy atom. The van der Waals surface area contributed by atoms with E-state index in [0.717, 1.165) is 16.0 Å². The van der Waals surface area contributed by atoms with Crippen molar-refractivity contribution in [3.63, 3.8) is 0 Å². The molecule has 4 bridgehead atoms. The Balaban J connectivity index is 1.39. The molecule has 4 heterocycles. The first-order valence-electron chi connectivity index (χ1n) is 24.0. The lowest BCUT2D eigenvalue weighted by molar-refractivity contribution is -0.162. The number of alkyl carbamates (subject to hydrolysis) is 1. The van der Waals surface area contributed by atoms with Crippen molar-refractivity contribution in [2.75, 3.05) is 58.3 Å². The summed E-state index contributed by atoms with van der Waals surface area (Å²) in [7, 11) is 5.86. The maximum absolute atomic E-state index is 14.5. The number of aliphatic hydroxyl groups is 1. The van der Waals surface area contributed by atoms with E-state index in [9.17, 15) is 38.7 Å². The summed E-state index contributed by atoms with van der Waals surface area (Å²) in [5, 5.41) is 17.5. The second-order valence-electron chi connectivity index (χ2n) is 19.0. The molecule has 0 radical (unpaired) electrons. The van der Waals surface area contributed by atoms with Crippen molar-refractivity contribution in [1.29, 1.82) is 0 Å². The van der Waals surface area contributed by atoms with E-state index < -0.39 is 90.0 Å². The predicted molar refractivity (Wildman–Crippen MR) is 267 cm³/mol. The van der Waals surface area contributed by atoms with Crippen LogP contribution in [-0.4, -0.2) is 158 Å². The molecular weight excluding hydrogens is 960 g/mol. The van der Waals surface area contributed by atoms with Gasteiger partial charge >= 0.3 is 12.1 Å². The van der Waals surface area contributed by atoms with E-state index in [4.69, 9.17) is 41.0 Å². The van der Waals surface area contributed by atoms with Crippen LogP contribution in [0.3, 0.4) is 0 Å². The highest BCUT2D eigenvalue weighted by molar-refractivity contribution is 7.98. The van der Waals surface area contributed by atoms with E-state index in [1.807, 2.05) is 13.0 Å². The molecule has 1 aromatic rings. The minimum absolute atomic E-state index is 0.106. The molecule has 10 atom stereocenters. The summed E-state index contributed by atoms with van der Waals surface area (Å²) in [5.41, 5.74) is 4.53. The number of carbonyl (C=O) groups excluding carboxylic acids is 7. The summed E-state index contributed by atoms with van der Waals surface area (Å²) in [6.07, 6.45) is 7.92. The number of rotatable bonds is 19. The third kappa shape index (κ3) is 14.0. The van der Waals surface area contributed by atoms with Crippen LogP contribution in [0.5, 0.6) is 5.75 Å². The topological polar surface area (TPSA) is 249 Å². The second-order valence-corrected chi connectivity index (χ2v) is 20.3. The van der Waals surface area contributed by atoms with Gasteiger partial charge in [0, 0.05) is 63.9 Å². The third-order valence-electron chi connectivity index (χ3n) is 13.9. The number of hydrogen-bond acceptors (Lipinski definition) is 15. The number of nitrogens with zero attached hydrogens (tertiary/aromatic N) is 3. The molecule has 1 aromatic carbocycles. The molecule has 5 rings (SSSR count). The highest BCUT2D eigenvalue weighted by Crippen LogP contribution is 2.49. The molecular formula is C50H71ClN6O13S. The van der Waals surface area contributed by atoms with Crippen molar-refractivity contribution in [3.05, 3.63) is 58.7 Å². The number of halogens is 1. The van der Waals surface area contributed by atoms with Gasteiger partial charge in [0.2, 0.25) is 17.7 Å². The van der Waals surface area contributed by atoms with Crippen LogP contribution in [0.2, 0.25) is 5.02 Å². The lowest BCUT2D eigenvalue weighted by atomic mass is 9.83. The van der Waals surface area contributed by atoms with Gasteiger partial charge in [-0.15, -0.1) is 0 Å². The van der Waals surface area contributed by atoms with Crippen LogP contribution >= 0.6 is 23.4 Å². The van der Waals surface area contributed by atoms with Crippen LogP contribution < -0.4 is 26.0 Å². The molecule has 2 fully saturated rings. The number of fused-ring (bicyclic) bond motifs is 5. The smallest absolute Gasteiger partial charge is 0.409 e. The van der Waals surface area contributed by atoms with Crippen molar-refractivity contribution < 1.29 is 62.4 Å². The standard InChI is InChI=1S/C50H71ClN6O13S/c1-29-15-14-18-38(67-8)50(65)27-37(68-48(64)54-50)30(2)44-49(4,70-44)39(26-42(60)56(6)35-24-32(23-29)25-36(66-7)43(35)51)69-47(63)31(3)55(5)46(62)34(28-71-9)53-45(61)33(16-10-12-21-52)17-11-13-22-57-40(58)19-20-41(57)59/h14-15,18-20,24-25,30-31,33-34,37-39,44,65H,10-13,16-17,21-23,26-28,52H2,1-9H3,(H,53,61)(H,54,64)/b18-14+,29-15+/t30?,31-,33-,34?,37?,38?,39?,44?,49?,50?/m0/s1. The Bertz CT molecular complexity index is 2230. The number of unbranched alkanes of at least 4 members (excludes halogenated alkanes) is 2. The SMILES string of the molecule is COc1cc2cc(c1Cl)N(C)C(=O)CC(OC(=O)[C@H](C)N(C)C(=O)C(CSC)NC(=O)[C@@H](CCCCN)CCCCN1C(=O)C=CC1=O)C1(C)OC1C(C)C1CC(O)(NC(=O)O1)C(OC)/C=C/C=C(\C)C2. The van der Waals surface area contributed by atoms with E-state index in [2.05, 4.69) is 10.6 Å². The van der Waals surface area contributed by atoms with E-state index in [-0.39, 0.29) is 41.5 Å². The molecule has 2 saturated heterocycles. The molecule has 19 nitrogen and oxygen atoms in total. The Morgan fingerprint density at radius 2 is 1.77 bits per heavy atom. The minimum Gasteiger partial charge on any atom is -0.495 e. The fraction of sp³-hybridized carbons (Fsp3) is 0.620. The third-order valence-corrected chi connectivity index (χ3v) is 14.9. The number of hydrogen-bond donors (Lipinski definition) is 4. The summed E-state index contributed by atoms with van der Waals surface area (Å²) < 4.78 is 29.6. The zero-order chi connectivity index (χ0) is 52.4. The largest absolute Gasteiger partial charge is 0.495 e. The van der Waals surface area contributed by atoms with Crippen LogP contribution in [-0.2, 0) is 54.1 Å². The van der Waals surface area contributed by atoms with Gasteiger partial charge in [-0.05, 0) is 83.4 Å². The van der Waals surface area contributed by atoms with Gasteiger partial charge in [-0.2, -0.15) is 11.8 Å². The van der Waals surface area contributed by atoms with Gasteiger partial charge in [0.1, 0.15) is 46.8 Å². The van der Waals surface area contributed by atoms with Gasteiger partial charge in [-0.1, -0.05) is 55.2 Å². The molecule has 0 saturated carbocycles. The van der Waals surface area contributed by atoms with Gasteiger partial charge in [0.25, 0.3) is 11.8 Å². The second kappa shape index (κ2) is 25.1. The van der Waals surface area contributed by atoms with E-state index in [0.29, 0.717) is 62.9 Å². The fourth-order valence-corrected chi connectivity index (χ4v) is 10.2. The molecule has 4 aliphatic heterocycles. The average molecular weight is 1030 g/mol. The Kier molecular flexibility index (Phi) is 20.1. The molecule has 0 aliphatic carbocycles. The molecule has 392 valence electrons. The number of nitrogens with two attached hydrogens (primary N) is 1. The zero-order valence-corrected chi connectivity index (χ0v) is 43.8. The number of benzene rings is 1. The number of carbonyl (C=O) groups is 7. The Morgan fingerprint density at radius 1 is 1.10 bits per heavy atom. The number of epoxide rings is 1. The van der Waals surface area contributed by atoms with Gasteiger partial charge < -0.3 is 49.6 Å². The molecule has 4 aliphatic rings. The summed E-state index contributed by atoms with van der Waals surface area (Å²) in [5.74, 6) is -3.56. The van der Waals surface area contributed by atoms with Crippen molar-refractivity contribution in [3.8, 4) is 5.75 Å². The van der Waals surface area contributed by atoms with E-state index in [1.54, 1.807) is 51.4 Å². The molecule has 71 heavy (non-hydrogen) atoms. The van der Waals surface area contributed by atoms with Crippen molar-refractivity contribution >= 4 is 70.6 Å². The summed E-state index contributed by atoms with van der Waals surface area (Å²) >= 11 is 8.17. The van der Waals surface area contributed by atoms with Crippen LogP contribution in [0.4, 0.5) is 10.5 Å². The summed E-state index contributed by atoms with van der Waals surface area (Å²) in [4.78, 5) is 97.8. The van der Waals surface area contributed by atoms with Crippen LogP contribution in [0.25, 0.3) is 0 Å². The maximum Gasteiger partial charge on any atom is 0.409 e. The first-order chi connectivity index (χ1) is 33.6. The molecule has 8 unspecified atom stereocenters. The number of imide groups is 1. The molecule has 0 spiro atoms. The maximum atomic E-state index is 14.5. The van der Waals surface area contributed by atoms with Crippen LogP contribution in [0.15, 0.2) is 48.1 Å². The molecule has 21 heteroatoms. The Hall–Kier alpha value is -4.99. The number of anilines is 1. The van der Waals surface area contributed by atoms with Gasteiger partial charge in [0.05, 0.1) is 25.3 Å². The number of amides is 6. The molecule has 0 aromatic heterocycles. The van der Waals surface area contributed by atoms with Gasteiger partial charge in [-0.25, -0.2) is 9.59 Å². The predicted octanol–water partition coefficient (Wildman–Crippen LogP) is 4.20. The first kappa shape index (κ1) is 56.9. The normalized spacial score (nSPS) is 28.1. The molecule has 5 N–H and O–H groups in total. The van der Waals surface area contributed by atoms with Gasteiger partial charge in [0.15, 0.2) is 5.72 Å². The van der Waals surface area contributed by atoms with Crippen LogP contribution in [0, 0.1) is 11.8 Å². The number of thioether (sulfide) groups is 1. The Labute approximate surface area is 425 Å². The molecule has 6 amide bonds. The van der Waals surface area contributed by atoms with E-state index in [1.165, 1.54) is 61.9 Å². The zero-order valence-electron chi connectivity index (χ0n) is 42.2. The highest BCUT2D eigenvalue weighted by atomic mass is 35.5. The van der Waals surface area contributed by atoms with Crippen molar-refractivity contribution in [2.24, 2.45) is 17.6 Å². The lowest BCUT2D eigenvalue weighted by Crippen LogP contribution is -2.63. The number of ether oxygens (including phenoxy) is 5. The summed E-state index contributed by atoms with van der Waals surface area (Å²) in [6, 6.07) is 1.29. The minimum atomic E-state index is -1.89. The fourth-order valence-electron chi connectivity index (χ4n) is 9.32. The van der Waals surface area contributed by atoms with Crippen LogP contribution in [0.1, 0.15) is 84.6 Å². The average Bonchev–Trinajstić information content (AvgIpc) is 3.93. The van der Waals surface area contributed by atoms with Gasteiger partial charge in [-0.3, -0.25) is 34.2 Å². The monoisotopic (exact) mass is 1030 g/mol. The number of allylic oxidation sites excluding steroid dienone is 3. The van der Waals surface area contributed by atoms with Crippen molar-refractivity contribution in [2.45, 2.75) is 133 Å². The lowest BCUT2D eigenvalue weighted by Gasteiger charge is -2.42.